The molecular weight excluding hydrogens is 288 g/mol. The molecule has 2 aliphatic carbocycles. The van der Waals surface area contributed by atoms with Crippen LogP contribution in [0.5, 0.6) is 0 Å². The second-order valence-electron chi connectivity index (χ2n) is 6.76. The van der Waals surface area contributed by atoms with E-state index in [2.05, 4.69) is 66.7 Å². The van der Waals surface area contributed by atoms with E-state index in [9.17, 15) is 0 Å². The average molecular weight is 307 g/mol. The first-order valence-corrected chi connectivity index (χ1v) is 8.79. The van der Waals surface area contributed by atoms with E-state index < -0.39 is 0 Å². The Balaban J connectivity index is 1.74. The molecule has 0 N–H and O–H groups in total. The Morgan fingerprint density at radius 1 is 0.792 bits per heavy atom. The predicted molar refractivity (Wildman–Crippen MR) is 100 cm³/mol. The topological polar surface area (TPSA) is 0 Å². The van der Waals surface area contributed by atoms with Crippen molar-refractivity contribution in [3.8, 4) is 11.1 Å². The molecule has 0 nitrogen and oxygen atoms in total. The van der Waals surface area contributed by atoms with E-state index in [4.69, 9.17) is 0 Å². The van der Waals surface area contributed by atoms with E-state index in [-0.39, 0.29) is 0 Å². The van der Waals surface area contributed by atoms with Crippen LogP contribution in [0.15, 0.2) is 60.7 Å². The molecular formula is C24H19. The molecule has 24 heavy (non-hydrogen) atoms. The lowest BCUT2D eigenvalue weighted by molar-refractivity contribution is 0.719. The van der Waals surface area contributed by atoms with Crippen molar-refractivity contribution in [1.29, 1.82) is 0 Å². The lowest BCUT2D eigenvalue weighted by Crippen LogP contribution is -2.35. The van der Waals surface area contributed by atoms with Crippen molar-refractivity contribution in [2.75, 3.05) is 0 Å². The first-order valence-electron chi connectivity index (χ1n) is 8.79. The Bertz CT molecular complexity index is 1030. The molecule has 3 aromatic rings. The van der Waals surface area contributed by atoms with E-state index in [1.54, 1.807) is 0 Å². The zero-order valence-electron chi connectivity index (χ0n) is 13.6. The lowest BCUT2D eigenvalue weighted by atomic mass is 9.80. The SMILES string of the molecule is [c]1ccc(C2CCC=c3c2ccc2c3=CCc3ccccc3-2)cc1. The minimum absolute atomic E-state index is 0.510. The highest BCUT2D eigenvalue weighted by Crippen LogP contribution is 2.31. The number of hydrogen-bond acceptors (Lipinski definition) is 0. The lowest BCUT2D eigenvalue weighted by Gasteiger charge is -2.24. The molecule has 0 aromatic heterocycles. The predicted octanol–water partition coefficient (Wildman–Crippen LogP) is 4.20. The van der Waals surface area contributed by atoms with Gasteiger partial charge in [0.15, 0.2) is 0 Å². The van der Waals surface area contributed by atoms with Crippen molar-refractivity contribution in [2.45, 2.75) is 25.2 Å². The van der Waals surface area contributed by atoms with Gasteiger partial charge in [-0.1, -0.05) is 72.8 Å². The van der Waals surface area contributed by atoms with Gasteiger partial charge < -0.3 is 0 Å². The van der Waals surface area contributed by atoms with Gasteiger partial charge in [-0.25, -0.2) is 0 Å². The van der Waals surface area contributed by atoms with Crippen molar-refractivity contribution in [2.24, 2.45) is 0 Å². The van der Waals surface area contributed by atoms with Crippen LogP contribution in [0.2, 0.25) is 0 Å². The molecule has 0 fully saturated rings. The molecule has 0 heteroatoms. The van der Waals surface area contributed by atoms with Crippen molar-refractivity contribution in [3.63, 3.8) is 0 Å². The minimum Gasteiger partial charge on any atom is -0.0763 e. The number of hydrogen-bond donors (Lipinski definition) is 0. The number of benzene rings is 3. The Kier molecular flexibility index (Phi) is 3.16. The van der Waals surface area contributed by atoms with Crippen LogP contribution in [0.4, 0.5) is 0 Å². The highest BCUT2D eigenvalue weighted by molar-refractivity contribution is 5.74. The van der Waals surface area contributed by atoms with Gasteiger partial charge >= 0.3 is 0 Å². The third-order valence-corrected chi connectivity index (χ3v) is 5.48. The van der Waals surface area contributed by atoms with Crippen LogP contribution >= 0.6 is 0 Å². The summed E-state index contributed by atoms with van der Waals surface area (Å²) in [6, 6.07) is 25.2. The maximum absolute atomic E-state index is 3.14. The van der Waals surface area contributed by atoms with Crippen molar-refractivity contribution in [1.82, 2.24) is 0 Å². The molecule has 0 aliphatic heterocycles. The first kappa shape index (κ1) is 13.8. The highest BCUT2D eigenvalue weighted by Gasteiger charge is 2.20. The van der Waals surface area contributed by atoms with Gasteiger partial charge in [0.1, 0.15) is 0 Å². The molecule has 1 atom stereocenters. The standard InChI is InChI=1S/C24H19/c1-2-7-17(8-3-1)20-11-6-12-21-22(20)15-16-23-19-10-5-4-9-18(19)13-14-24(21)23/h2-5,7-10,12,14-16,20H,6,11,13H2. The number of rotatable bonds is 1. The second kappa shape index (κ2) is 5.49. The maximum Gasteiger partial charge on any atom is 0.00983 e. The second-order valence-corrected chi connectivity index (χ2v) is 6.76. The van der Waals surface area contributed by atoms with Crippen LogP contribution in [-0.2, 0) is 6.42 Å². The fourth-order valence-corrected chi connectivity index (χ4v) is 4.34. The molecule has 0 amide bonds. The van der Waals surface area contributed by atoms with Crippen LogP contribution in [0, 0.1) is 6.07 Å². The van der Waals surface area contributed by atoms with Gasteiger partial charge in [0.05, 0.1) is 0 Å². The summed E-state index contributed by atoms with van der Waals surface area (Å²) < 4.78 is 0. The minimum atomic E-state index is 0.510. The monoisotopic (exact) mass is 307 g/mol. The Labute approximate surface area is 142 Å². The van der Waals surface area contributed by atoms with E-state index in [0.717, 1.165) is 12.8 Å². The summed E-state index contributed by atoms with van der Waals surface area (Å²) in [5.74, 6) is 0.510. The summed E-state index contributed by atoms with van der Waals surface area (Å²) in [4.78, 5) is 0. The van der Waals surface area contributed by atoms with Gasteiger partial charge in [-0.3, -0.25) is 0 Å². The smallest absolute Gasteiger partial charge is 0.00983 e. The van der Waals surface area contributed by atoms with Gasteiger partial charge in [0, 0.05) is 5.92 Å². The van der Waals surface area contributed by atoms with E-state index >= 15 is 0 Å². The normalized spacial score (nSPS) is 17.8. The zero-order chi connectivity index (χ0) is 15.9. The van der Waals surface area contributed by atoms with Gasteiger partial charge in [-0.2, -0.15) is 0 Å². The average Bonchev–Trinajstić information content (AvgIpc) is 2.67. The summed E-state index contributed by atoms with van der Waals surface area (Å²) >= 11 is 0. The first-order chi connectivity index (χ1) is 11.9. The summed E-state index contributed by atoms with van der Waals surface area (Å²) in [6.45, 7) is 0. The molecule has 0 saturated heterocycles. The van der Waals surface area contributed by atoms with E-state index in [1.807, 2.05) is 12.1 Å². The third kappa shape index (κ3) is 2.06. The maximum atomic E-state index is 3.14. The van der Waals surface area contributed by atoms with Crippen LogP contribution in [0.25, 0.3) is 23.3 Å². The summed E-state index contributed by atoms with van der Waals surface area (Å²) in [5.41, 5.74) is 7.15. The highest BCUT2D eigenvalue weighted by atomic mass is 14.2. The van der Waals surface area contributed by atoms with E-state index in [1.165, 1.54) is 44.7 Å². The van der Waals surface area contributed by atoms with Gasteiger partial charge in [-0.05, 0) is 63.6 Å². The zero-order valence-corrected chi connectivity index (χ0v) is 13.6. The summed E-state index contributed by atoms with van der Waals surface area (Å²) in [5, 5.41) is 2.91. The fraction of sp³-hybridized carbons (Fsp3) is 0.167. The van der Waals surface area contributed by atoms with Crippen molar-refractivity contribution >= 4 is 12.2 Å². The van der Waals surface area contributed by atoms with Crippen LogP contribution in [0.3, 0.4) is 0 Å². The van der Waals surface area contributed by atoms with Crippen molar-refractivity contribution < 1.29 is 0 Å². The van der Waals surface area contributed by atoms with Gasteiger partial charge in [0.2, 0.25) is 0 Å². The molecule has 1 unspecified atom stereocenters. The Morgan fingerprint density at radius 3 is 2.58 bits per heavy atom. The third-order valence-electron chi connectivity index (χ3n) is 5.48. The van der Waals surface area contributed by atoms with E-state index in [0.29, 0.717) is 5.92 Å². The molecule has 0 saturated carbocycles. The molecule has 2 aliphatic rings. The van der Waals surface area contributed by atoms with Crippen molar-refractivity contribution in [3.05, 3.63) is 93.9 Å². The molecule has 115 valence electrons. The Morgan fingerprint density at radius 2 is 1.67 bits per heavy atom. The number of fused-ring (bicyclic) bond motifs is 5. The van der Waals surface area contributed by atoms with Crippen LogP contribution in [-0.4, -0.2) is 0 Å². The molecule has 0 bridgehead atoms. The largest absolute Gasteiger partial charge is 0.0763 e. The van der Waals surface area contributed by atoms with Crippen LogP contribution < -0.4 is 10.4 Å². The molecule has 0 spiro atoms. The molecule has 3 aromatic carbocycles. The summed E-state index contributed by atoms with van der Waals surface area (Å²) in [7, 11) is 0. The van der Waals surface area contributed by atoms with Gasteiger partial charge in [-0.15, -0.1) is 0 Å². The van der Waals surface area contributed by atoms with Crippen LogP contribution in [0.1, 0.15) is 35.4 Å². The molecule has 1 radical (unpaired) electrons. The molecule has 0 heterocycles. The molecule has 5 rings (SSSR count). The van der Waals surface area contributed by atoms with Gasteiger partial charge in [0.25, 0.3) is 0 Å². The Hall–Kier alpha value is -2.60. The fourth-order valence-electron chi connectivity index (χ4n) is 4.34. The summed E-state index contributed by atoms with van der Waals surface area (Å²) in [6.07, 6.45) is 8.27. The quantitative estimate of drug-likeness (QED) is 0.632.